The maximum absolute atomic E-state index is 10.5. The van der Waals surface area contributed by atoms with Crippen molar-refractivity contribution in [1.82, 2.24) is 9.78 Å². The number of aromatic nitrogens is 2. The first-order valence-corrected chi connectivity index (χ1v) is 6.35. The Balaban J connectivity index is 2.02. The van der Waals surface area contributed by atoms with Gasteiger partial charge in [-0.1, -0.05) is 12.1 Å². The maximum atomic E-state index is 10.5. The Morgan fingerprint density at radius 1 is 1.35 bits per heavy atom. The van der Waals surface area contributed by atoms with Crippen LogP contribution in [0.15, 0.2) is 35.2 Å². The van der Waals surface area contributed by atoms with Crippen LogP contribution in [-0.4, -0.2) is 16.1 Å². The van der Waals surface area contributed by atoms with Gasteiger partial charge in [-0.05, 0) is 25.1 Å². The van der Waals surface area contributed by atoms with Crippen LogP contribution in [0.25, 0.3) is 0 Å². The standard InChI is InChI=1S/C13H14N2OS/c1-10-7-12(15(2)14-10)9-17-13-5-3-11(8-16)4-6-13/h3-8H,9H2,1-2H3. The lowest BCUT2D eigenvalue weighted by molar-refractivity contribution is 0.112. The number of carbonyl (C=O) groups excluding carboxylic acids is 1. The first kappa shape index (κ1) is 11.9. The zero-order valence-corrected chi connectivity index (χ0v) is 10.7. The molecule has 0 aliphatic rings. The summed E-state index contributed by atoms with van der Waals surface area (Å²) in [6.07, 6.45) is 0.860. The van der Waals surface area contributed by atoms with E-state index in [1.165, 1.54) is 5.69 Å². The van der Waals surface area contributed by atoms with E-state index < -0.39 is 0 Å². The highest BCUT2D eigenvalue weighted by Crippen LogP contribution is 2.22. The molecule has 0 atom stereocenters. The van der Waals surface area contributed by atoms with E-state index >= 15 is 0 Å². The molecule has 1 aromatic heterocycles. The average Bonchev–Trinajstić information content (AvgIpc) is 2.66. The van der Waals surface area contributed by atoms with Crippen molar-refractivity contribution in [2.75, 3.05) is 0 Å². The van der Waals surface area contributed by atoms with Gasteiger partial charge in [0.2, 0.25) is 0 Å². The molecule has 0 radical (unpaired) electrons. The number of carbonyl (C=O) groups is 1. The number of aryl methyl sites for hydroxylation is 2. The molecule has 3 nitrogen and oxygen atoms in total. The van der Waals surface area contributed by atoms with E-state index in [9.17, 15) is 4.79 Å². The predicted molar refractivity (Wildman–Crippen MR) is 69.3 cm³/mol. The Bertz CT molecular complexity index is 517. The first-order chi connectivity index (χ1) is 8.19. The molecule has 0 unspecified atom stereocenters. The van der Waals surface area contributed by atoms with Gasteiger partial charge in [-0.15, -0.1) is 11.8 Å². The number of rotatable bonds is 4. The minimum absolute atomic E-state index is 0.714. The van der Waals surface area contributed by atoms with Crippen molar-refractivity contribution in [1.29, 1.82) is 0 Å². The molecule has 2 aromatic rings. The average molecular weight is 246 g/mol. The van der Waals surface area contributed by atoms with Gasteiger partial charge in [0, 0.05) is 29.0 Å². The van der Waals surface area contributed by atoms with Gasteiger partial charge in [0.1, 0.15) is 6.29 Å². The van der Waals surface area contributed by atoms with Crippen molar-refractivity contribution in [2.24, 2.45) is 7.05 Å². The van der Waals surface area contributed by atoms with Crippen LogP contribution in [0, 0.1) is 6.92 Å². The molecule has 0 saturated heterocycles. The number of hydrogen-bond donors (Lipinski definition) is 0. The molecule has 4 heteroatoms. The molecule has 0 N–H and O–H groups in total. The highest BCUT2D eigenvalue weighted by molar-refractivity contribution is 7.98. The highest BCUT2D eigenvalue weighted by atomic mass is 32.2. The van der Waals surface area contributed by atoms with E-state index in [0.29, 0.717) is 5.56 Å². The molecular formula is C13H14N2OS. The fraction of sp³-hybridized carbons (Fsp3) is 0.231. The van der Waals surface area contributed by atoms with E-state index in [1.807, 2.05) is 42.9 Å². The normalized spacial score (nSPS) is 10.5. The molecule has 1 heterocycles. The van der Waals surface area contributed by atoms with Crippen LogP contribution >= 0.6 is 11.8 Å². The fourth-order valence-corrected chi connectivity index (χ4v) is 2.51. The predicted octanol–water partition coefficient (Wildman–Crippen LogP) is 2.83. The minimum atomic E-state index is 0.714. The summed E-state index contributed by atoms with van der Waals surface area (Å²) < 4.78 is 1.90. The van der Waals surface area contributed by atoms with Crippen LogP contribution in [0.2, 0.25) is 0 Å². The third kappa shape index (κ3) is 2.97. The van der Waals surface area contributed by atoms with Gasteiger partial charge in [0.25, 0.3) is 0 Å². The Labute approximate surface area is 105 Å². The molecule has 0 fully saturated rings. The van der Waals surface area contributed by atoms with Crippen molar-refractivity contribution in [2.45, 2.75) is 17.6 Å². The number of nitrogens with zero attached hydrogens (tertiary/aromatic N) is 2. The summed E-state index contributed by atoms with van der Waals surface area (Å²) in [5.74, 6) is 0.887. The van der Waals surface area contributed by atoms with E-state index in [-0.39, 0.29) is 0 Å². The molecule has 1 aromatic carbocycles. The van der Waals surface area contributed by atoms with Crippen molar-refractivity contribution in [3.05, 3.63) is 47.3 Å². The van der Waals surface area contributed by atoms with Crippen LogP contribution < -0.4 is 0 Å². The Hall–Kier alpha value is -1.55. The second kappa shape index (κ2) is 5.19. The molecule has 0 saturated carbocycles. The number of aldehydes is 1. The summed E-state index contributed by atoms with van der Waals surface area (Å²) in [7, 11) is 1.96. The van der Waals surface area contributed by atoms with Gasteiger partial charge in [-0.2, -0.15) is 5.10 Å². The highest BCUT2D eigenvalue weighted by Gasteiger charge is 2.02. The largest absolute Gasteiger partial charge is 0.298 e. The molecule has 17 heavy (non-hydrogen) atoms. The number of thioether (sulfide) groups is 1. The van der Waals surface area contributed by atoms with Crippen molar-refractivity contribution < 1.29 is 4.79 Å². The second-order valence-corrected chi connectivity index (χ2v) is 4.92. The summed E-state index contributed by atoms with van der Waals surface area (Å²) in [5.41, 5.74) is 2.96. The van der Waals surface area contributed by atoms with Crippen LogP contribution in [0.5, 0.6) is 0 Å². The van der Waals surface area contributed by atoms with E-state index in [4.69, 9.17) is 0 Å². The quantitative estimate of drug-likeness (QED) is 0.614. The van der Waals surface area contributed by atoms with Gasteiger partial charge in [0.05, 0.1) is 5.69 Å². The van der Waals surface area contributed by atoms with Crippen LogP contribution in [-0.2, 0) is 12.8 Å². The molecule has 0 bridgehead atoms. The summed E-state index contributed by atoms with van der Waals surface area (Å²) in [5, 5.41) is 4.31. The Morgan fingerprint density at radius 2 is 2.06 bits per heavy atom. The van der Waals surface area contributed by atoms with E-state index in [2.05, 4.69) is 11.2 Å². The Kier molecular flexibility index (Phi) is 3.64. The van der Waals surface area contributed by atoms with Gasteiger partial charge >= 0.3 is 0 Å². The minimum Gasteiger partial charge on any atom is -0.298 e. The summed E-state index contributed by atoms with van der Waals surface area (Å²) in [4.78, 5) is 11.7. The zero-order valence-electron chi connectivity index (χ0n) is 9.88. The molecule has 88 valence electrons. The smallest absolute Gasteiger partial charge is 0.150 e. The molecule has 2 rings (SSSR count). The molecular weight excluding hydrogens is 232 g/mol. The summed E-state index contributed by atoms with van der Waals surface area (Å²) >= 11 is 1.74. The number of hydrogen-bond acceptors (Lipinski definition) is 3. The number of benzene rings is 1. The molecule has 0 spiro atoms. The lowest BCUT2D eigenvalue weighted by Crippen LogP contribution is -1.96. The van der Waals surface area contributed by atoms with Crippen LogP contribution in [0.4, 0.5) is 0 Å². The summed E-state index contributed by atoms with van der Waals surface area (Å²) in [6, 6.07) is 9.70. The van der Waals surface area contributed by atoms with Crippen molar-refractivity contribution in [3.63, 3.8) is 0 Å². The third-order valence-corrected chi connectivity index (χ3v) is 3.55. The van der Waals surface area contributed by atoms with Crippen molar-refractivity contribution in [3.8, 4) is 0 Å². The lowest BCUT2D eigenvalue weighted by Gasteiger charge is -2.02. The van der Waals surface area contributed by atoms with Gasteiger partial charge in [-0.3, -0.25) is 9.48 Å². The van der Waals surface area contributed by atoms with E-state index in [1.54, 1.807) is 11.8 Å². The fourth-order valence-electron chi connectivity index (χ4n) is 1.60. The molecule has 0 amide bonds. The lowest BCUT2D eigenvalue weighted by atomic mass is 10.2. The SMILES string of the molecule is Cc1cc(CSc2ccc(C=O)cc2)n(C)n1. The topological polar surface area (TPSA) is 34.9 Å². The first-order valence-electron chi connectivity index (χ1n) is 5.36. The monoisotopic (exact) mass is 246 g/mol. The molecule has 0 aliphatic carbocycles. The second-order valence-electron chi connectivity index (χ2n) is 3.88. The molecule has 0 aliphatic heterocycles. The van der Waals surface area contributed by atoms with Gasteiger partial charge in [-0.25, -0.2) is 0 Å². The van der Waals surface area contributed by atoms with Gasteiger partial charge in [0.15, 0.2) is 0 Å². The maximum Gasteiger partial charge on any atom is 0.150 e. The third-order valence-electron chi connectivity index (χ3n) is 2.50. The van der Waals surface area contributed by atoms with Crippen LogP contribution in [0.1, 0.15) is 21.7 Å². The zero-order chi connectivity index (χ0) is 12.3. The summed E-state index contributed by atoms with van der Waals surface area (Å²) in [6.45, 7) is 1.99. The van der Waals surface area contributed by atoms with Crippen molar-refractivity contribution >= 4 is 18.0 Å². The van der Waals surface area contributed by atoms with E-state index in [0.717, 1.165) is 22.6 Å². The van der Waals surface area contributed by atoms with Gasteiger partial charge < -0.3 is 0 Å². The van der Waals surface area contributed by atoms with Crippen LogP contribution in [0.3, 0.4) is 0 Å². The Morgan fingerprint density at radius 3 is 2.59 bits per heavy atom.